The molecule has 38 heavy (non-hydrogen) atoms. The number of benzene rings is 4. The molecule has 1 aliphatic carbocycles. The van der Waals surface area contributed by atoms with Crippen LogP contribution in [0, 0.1) is 12.8 Å². The summed E-state index contributed by atoms with van der Waals surface area (Å²) in [5.74, 6) is 1.79. The average molecular weight is 584 g/mol. The fourth-order valence-corrected chi connectivity index (χ4v) is 6.19. The fraction of sp³-hybridized carbons (Fsp3) is 0.182. The van der Waals surface area contributed by atoms with Crippen LogP contribution in [0.4, 0.5) is 11.4 Å². The van der Waals surface area contributed by atoms with E-state index in [-0.39, 0.29) is 0 Å². The Morgan fingerprint density at radius 1 is 1.03 bits per heavy atom. The summed E-state index contributed by atoms with van der Waals surface area (Å²) < 4.78 is 6.85. The standard InChI is InChI=1S/C33H28BrClN2O/c1-21-8-14-31-29(16-21)27-6-3-7-28(27)33(37-31)24-10-12-26(13-11-24)36-19-22-9-15-32(30(34)18-22)38-20-23-4-2-5-25(35)17-23/h2-6,8-19,27-28,33,37H,7,20H2,1H3/t27-,28-,33-/m1/s1. The molecule has 190 valence electrons. The number of nitrogens with one attached hydrogen (secondary N) is 1. The predicted octanol–water partition coefficient (Wildman–Crippen LogP) is 9.57. The lowest BCUT2D eigenvalue weighted by Crippen LogP contribution is -2.29. The highest BCUT2D eigenvalue weighted by Gasteiger charge is 2.37. The van der Waals surface area contributed by atoms with Gasteiger partial charge >= 0.3 is 0 Å². The molecular formula is C33H28BrClN2O. The van der Waals surface area contributed by atoms with Crippen molar-refractivity contribution >= 4 is 45.1 Å². The van der Waals surface area contributed by atoms with Gasteiger partial charge in [0.15, 0.2) is 0 Å². The van der Waals surface area contributed by atoms with Crippen molar-refractivity contribution in [3.05, 3.63) is 134 Å². The van der Waals surface area contributed by atoms with Crippen LogP contribution in [0.3, 0.4) is 0 Å². The SMILES string of the molecule is Cc1ccc2c(c1)[C@@H]1C=CC[C@H]1[C@@H](c1ccc(N=Cc3ccc(OCc4cccc(Cl)c4)c(Br)c3)cc1)N2. The summed E-state index contributed by atoms with van der Waals surface area (Å²) >= 11 is 9.70. The monoisotopic (exact) mass is 582 g/mol. The molecule has 0 amide bonds. The number of rotatable bonds is 6. The Labute approximate surface area is 237 Å². The minimum Gasteiger partial charge on any atom is -0.488 e. The average Bonchev–Trinajstić information content (AvgIpc) is 3.42. The summed E-state index contributed by atoms with van der Waals surface area (Å²) in [6, 6.07) is 29.3. The van der Waals surface area contributed by atoms with Crippen molar-refractivity contribution < 1.29 is 4.74 Å². The highest BCUT2D eigenvalue weighted by Crippen LogP contribution is 2.50. The molecule has 0 unspecified atom stereocenters. The van der Waals surface area contributed by atoms with Gasteiger partial charge in [0.2, 0.25) is 0 Å². The molecule has 0 saturated heterocycles. The van der Waals surface area contributed by atoms with Crippen LogP contribution < -0.4 is 10.1 Å². The van der Waals surface area contributed by atoms with Gasteiger partial charge < -0.3 is 10.1 Å². The summed E-state index contributed by atoms with van der Waals surface area (Å²) in [7, 11) is 0. The number of aryl methyl sites for hydroxylation is 1. The molecule has 2 aliphatic rings. The van der Waals surface area contributed by atoms with Crippen molar-refractivity contribution in [2.24, 2.45) is 10.9 Å². The fourth-order valence-electron chi connectivity index (χ4n) is 5.46. The Kier molecular flexibility index (Phi) is 7.10. The zero-order valence-electron chi connectivity index (χ0n) is 21.1. The van der Waals surface area contributed by atoms with E-state index < -0.39 is 0 Å². The lowest BCUT2D eigenvalue weighted by molar-refractivity contribution is 0.304. The smallest absolute Gasteiger partial charge is 0.134 e. The Bertz CT molecular complexity index is 1530. The minimum atomic E-state index is 0.290. The molecule has 1 N–H and O–H groups in total. The van der Waals surface area contributed by atoms with E-state index in [2.05, 4.69) is 82.8 Å². The summed E-state index contributed by atoms with van der Waals surface area (Å²) in [5, 5.41) is 4.53. The van der Waals surface area contributed by atoms with E-state index in [1.54, 1.807) is 0 Å². The van der Waals surface area contributed by atoms with E-state index in [1.165, 1.54) is 22.4 Å². The van der Waals surface area contributed by atoms with Crippen LogP contribution in [0.25, 0.3) is 0 Å². The molecule has 3 atom stereocenters. The molecule has 1 heterocycles. The second kappa shape index (κ2) is 10.8. The Hall–Kier alpha value is -3.34. The van der Waals surface area contributed by atoms with Crippen molar-refractivity contribution in [2.45, 2.75) is 31.9 Å². The quantitative estimate of drug-likeness (QED) is 0.181. The largest absolute Gasteiger partial charge is 0.488 e. The molecule has 0 spiro atoms. The van der Waals surface area contributed by atoms with Crippen LogP contribution >= 0.6 is 27.5 Å². The molecule has 3 nitrogen and oxygen atoms in total. The number of halogens is 2. The number of hydrogen-bond acceptors (Lipinski definition) is 3. The minimum absolute atomic E-state index is 0.290. The van der Waals surface area contributed by atoms with Gasteiger partial charge in [0.25, 0.3) is 0 Å². The highest BCUT2D eigenvalue weighted by atomic mass is 79.9. The molecule has 1 aliphatic heterocycles. The van der Waals surface area contributed by atoms with Gasteiger partial charge in [0, 0.05) is 22.8 Å². The molecule has 0 fully saturated rings. The van der Waals surface area contributed by atoms with Crippen LogP contribution in [0.15, 0.2) is 107 Å². The van der Waals surface area contributed by atoms with Gasteiger partial charge in [-0.05, 0) is 106 Å². The maximum atomic E-state index is 6.07. The van der Waals surface area contributed by atoms with E-state index in [9.17, 15) is 0 Å². The number of aliphatic imine (C=N–C) groups is 1. The van der Waals surface area contributed by atoms with Gasteiger partial charge in [0.05, 0.1) is 16.2 Å². The third-order valence-corrected chi connectivity index (χ3v) is 8.23. The van der Waals surface area contributed by atoms with Gasteiger partial charge in [0.1, 0.15) is 12.4 Å². The van der Waals surface area contributed by atoms with E-state index in [0.29, 0.717) is 29.5 Å². The zero-order valence-corrected chi connectivity index (χ0v) is 23.4. The third kappa shape index (κ3) is 5.29. The van der Waals surface area contributed by atoms with E-state index in [1.807, 2.05) is 48.7 Å². The van der Waals surface area contributed by atoms with Gasteiger partial charge in [-0.2, -0.15) is 0 Å². The van der Waals surface area contributed by atoms with Gasteiger partial charge in [-0.15, -0.1) is 0 Å². The predicted molar refractivity (Wildman–Crippen MR) is 161 cm³/mol. The number of allylic oxidation sites excluding steroid dienone is 2. The van der Waals surface area contributed by atoms with Crippen LogP contribution in [-0.4, -0.2) is 6.21 Å². The first-order chi connectivity index (χ1) is 18.5. The van der Waals surface area contributed by atoms with Gasteiger partial charge in [-0.25, -0.2) is 0 Å². The first-order valence-corrected chi connectivity index (χ1v) is 14.1. The van der Waals surface area contributed by atoms with Gasteiger partial charge in [-0.3, -0.25) is 4.99 Å². The lowest BCUT2D eigenvalue weighted by Gasteiger charge is -2.37. The van der Waals surface area contributed by atoms with Crippen LogP contribution in [0.2, 0.25) is 5.02 Å². The van der Waals surface area contributed by atoms with Crippen LogP contribution in [0.1, 0.15) is 46.2 Å². The van der Waals surface area contributed by atoms with Crippen molar-refractivity contribution in [3.63, 3.8) is 0 Å². The number of hydrogen-bond donors (Lipinski definition) is 1. The Morgan fingerprint density at radius 2 is 1.89 bits per heavy atom. The van der Waals surface area contributed by atoms with E-state index in [4.69, 9.17) is 21.3 Å². The molecule has 5 heteroatoms. The van der Waals surface area contributed by atoms with Crippen LogP contribution in [-0.2, 0) is 6.61 Å². The highest BCUT2D eigenvalue weighted by molar-refractivity contribution is 9.10. The van der Waals surface area contributed by atoms with Crippen molar-refractivity contribution in [1.29, 1.82) is 0 Å². The molecule has 0 radical (unpaired) electrons. The number of nitrogens with zero attached hydrogens (tertiary/aromatic N) is 1. The molecule has 4 aromatic rings. The third-order valence-electron chi connectivity index (χ3n) is 7.37. The maximum Gasteiger partial charge on any atom is 0.134 e. The first kappa shape index (κ1) is 25.0. The van der Waals surface area contributed by atoms with Crippen LogP contribution in [0.5, 0.6) is 5.75 Å². The second-order valence-corrected chi connectivity index (χ2v) is 11.3. The van der Waals surface area contributed by atoms with E-state index in [0.717, 1.165) is 33.5 Å². The second-order valence-electron chi connectivity index (χ2n) is 10.0. The number of fused-ring (bicyclic) bond motifs is 3. The van der Waals surface area contributed by atoms with Gasteiger partial charge in [-0.1, -0.05) is 65.7 Å². The van der Waals surface area contributed by atoms with Crippen molar-refractivity contribution in [3.8, 4) is 5.75 Å². The molecular weight excluding hydrogens is 556 g/mol. The zero-order chi connectivity index (χ0) is 26.1. The summed E-state index contributed by atoms with van der Waals surface area (Å²) in [4.78, 5) is 4.71. The summed E-state index contributed by atoms with van der Waals surface area (Å²) in [5.41, 5.74) is 8.25. The molecule has 4 aromatic carbocycles. The maximum absolute atomic E-state index is 6.07. The normalized spacial score (nSPS) is 19.7. The summed E-state index contributed by atoms with van der Waals surface area (Å²) in [6.07, 6.45) is 7.71. The number of ether oxygens (including phenoxy) is 1. The van der Waals surface area contributed by atoms with Crippen molar-refractivity contribution in [1.82, 2.24) is 0 Å². The molecule has 6 rings (SSSR count). The van der Waals surface area contributed by atoms with Crippen molar-refractivity contribution in [2.75, 3.05) is 5.32 Å². The molecule has 0 saturated carbocycles. The molecule has 0 bridgehead atoms. The topological polar surface area (TPSA) is 33.6 Å². The Morgan fingerprint density at radius 3 is 2.71 bits per heavy atom. The first-order valence-electron chi connectivity index (χ1n) is 12.9. The molecule has 0 aromatic heterocycles. The Balaban J connectivity index is 1.13. The lowest BCUT2D eigenvalue weighted by atomic mass is 9.76. The number of anilines is 1. The summed E-state index contributed by atoms with van der Waals surface area (Å²) in [6.45, 7) is 2.63. The van der Waals surface area contributed by atoms with E-state index >= 15 is 0 Å².